The van der Waals surface area contributed by atoms with Gasteiger partial charge in [-0.25, -0.2) is 0 Å². The molecule has 0 radical (unpaired) electrons. The van der Waals surface area contributed by atoms with Crippen LogP contribution in [0, 0.1) is 5.92 Å². The molecule has 1 fully saturated rings. The maximum absolute atomic E-state index is 5.28. The second kappa shape index (κ2) is 5.87. The van der Waals surface area contributed by atoms with Crippen molar-refractivity contribution in [3.63, 3.8) is 0 Å². The zero-order valence-corrected chi connectivity index (χ0v) is 12.1. The SMILES string of the molecule is COc1ccc(Br)c(CC2CC(C)CCN2)c1. The van der Waals surface area contributed by atoms with E-state index in [9.17, 15) is 0 Å². The summed E-state index contributed by atoms with van der Waals surface area (Å²) in [5.74, 6) is 1.78. The minimum absolute atomic E-state index is 0.599. The van der Waals surface area contributed by atoms with E-state index in [2.05, 4.69) is 40.3 Å². The highest BCUT2D eigenvalue weighted by molar-refractivity contribution is 9.10. The van der Waals surface area contributed by atoms with Crippen molar-refractivity contribution in [2.75, 3.05) is 13.7 Å². The molecule has 1 saturated heterocycles. The second-order valence-electron chi connectivity index (χ2n) is 4.94. The number of halogens is 1. The molecule has 94 valence electrons. The number of hydrogen-bond acceptors (Lipinski definition) is 2. The maximum Gasteiger partial charge on any atom is 0.119 e. The fraction of sp³-hybridized carbons (Fsp3) is 0.571. The average molecular weight is 298 g/mol. The van der Waals surface area contributed by atoms with Gasteiger partial charge in [-0.1, -0.05) is 22.9 Å². The van der Waals surface area contributed by atoms with Crippen LogP contribution < -0.4 is 10.1 Å². The van der Waals surface area contributed by atoms with E-state index in [1.807, 2.05) is 6.07 Å². The van der Waals surface area contributed by atoms with Gasteiger partial charge < -0.3 is 10.1 Å². The van der Waals surface area contributed by atoms with Crippen molar-refractivity contribution < 1.29 is 4.74 Å². The topological polar surface area (TPSA) is 21.3 Å². The van der Waals surface area contributed by atoms with Crippen molar-refractivity contribution in [3.8, 4) is 5.75 Å². The Labute approximate surface area is 112 Å². The van der Waals surface area contributed by atoms with Gasteiger partial charge in [-0.2, -0.15) is 0 Å². The van der Waals surface area contributed by atoms with E-state index in [-0.39, 0.29) is 0 Å². The van der Waals surface area contributed by atoms with Crippen molar-refractivity contribution >= 4 is 15.9 Å². The normalized spacial score (nSPS) is 24.6. The number of piperidine rings is 1. The van der Waals surface area contributed by atoms with Crippen molar-refractivity contribution in [1.82, 2.24) is 5.32 Å². The predicted molar refractivity (Wildman–Crippen MR) is 74.6 cm³/mol. The van der Waals surface area contributed by atoms with Crippen LogP contribution in [0.5, 0.6) is 5.75 Å². The first-order chi connectivity index (χ1) is 8.19. The summed E-state index contributed by atoms with van der Waals surface area (Å²) < 4.78 is 6.46. The first-order valence-electron chi connectivity index (χ1n) is 6.25. The molecule has 1 aliphatic rings. The summed E-state index contributed by atoms with van der Waals surface area (Å²) in [7, 11) is 1.72. The second-order valence-corrected chi connectivity index (χ2v) is 5.80. The van der Waals surface area contributed by atoms with E-state index < -0.39 is 0 Å². The number of benzene rings is 1. The van der Waals surface area contributed by atoms with Gasteiger partial charge in [0.05, 0.1) is 7.11 Å². The summed E-state index contributed by atoms with van der Waals surface area (Å²) in [6.45, 7) is 3.49. The Morgan fingerprint density at radius 2 is 2.29 bits per heavy atom. The molecule has 1 aliphatic heterocycles. The third-order valence-electron chi connectivity index (χ3n) is 3.48. The number of nitrogens with one attached hydrogen (secondary N) is 1. The molecule has 0 bridgehead atoms. The molecule has 2 unspecified atom stereocenters. The molecule has 1 aromatic rings. The van der Waals surface area contributed by atoms with Crippen LogP contribution in [0.1, 0.15) is 25.3 Å². The zero-order chi connectivity index (χ0) is 12.3. The lowest BCUT2D eigenvalue weighted by Crippen LogP contribution is -2.38. The Morgan fingerprint density at radius 3 is 3.00 bits per heavy atom. The predicted octanol–water partition coefficient (Wildman–Crippen LogP) is 3.39. The average Bonchev–Trinajstić information content (AvgIpc) is 2.32. The number of rotatable bonds is 3. The third-order valence-corrected chi connectivity index (χ3v) is 4.25. The minimum atomic E-state index is 0.599. The van der Waals surface area contributed by atoms with Crippen molar-refractivity contribution in [2.24, 2.45) is 5.92 Å². The Balaban J connectivity index is 2.06. The zero-order valence-electron chi connectivity index (χ0n) is 10.5. The Hall–Kier alpha value is -0.540. The van der Waals surface area contributed by atoms with Gasteiger partial charge in [-0.05, 0) is 55.5 Å². The van der Waals surface area contributed by atoms with Gasteiger partial charge in [0.25, 0.3) is 0 Å². The molecule has 0 amide bonds. The summed E-state index contributed by atoms with van der Waals surface area (Å²) >= 11 is 3.62. The highest BCUT2D eigenvalue weighted by atomic mass is 79.9. The molecule has 0 spiro atoms. The maximum atomic E-state index is 5.28. The van der Waals surface area contributed by atoms with Crippen LogP contribution in [0.4, 0.5) is 0 Å². The van der Waals surface area contributed by atoms with Gasteiger partial charge in [0.2, 0.25) is 0 Å². The van der Waals surface area contributed by atoms with E-state index in [0.717, 1.165) is 24.6 Å². The van der Waals surface area contributed by atoms with E-state index in [1.165, 1.54) is 22.9 Å². The van der Waals surface area contributed by atoms with Crippen LogP contribution in [-0.4, -0.2) is 19.7 Å². The lowest BCUT2D eigenvalue weighted by atomic mass is 9.90. The Bertz CT molecular complexity index is 380. The fourth-order valence-corrected chi connectivity index (χ4v) is 2.88. The molecular weight excluding hydrogens is 278 g/mol. The molecule has 1 N–H and O–H groups in total. The number of hydrogen-bond donors (Lipinski definition) is 1. The number of methoxy groups -OCH3 is 1. The molecule has 2 atom stereocenters. The van der Waals surface area contributed by atoms with Gasteiger partial charge >= 0.3 is 0 Å². The summed E-state index contributed by atoms with van der Waals surface area (Å²) in [4.78, 5) is 0. The Morgan fingerprint density at radius 1 is 1.47 bits per heavy atom. The van der Waals surface area contributed by atoms with E-state index >= 15 is 0 Å². The fourth-order valence-electron chi connectivity index (χ4n) is 2.48. The largest absolute Gasteiger partial charge is 0.497 e. The molecule has 0 saturated carbocycles. The summed E-state index contributed by atoms with van der Waals surface area (Å²) in [5.41, 5.74) is 1.33. The van der Waals surface area contributed by atoms with E-state index in [0.29, 0.717) is 6.04 Å². The first-order valence-corrected chi connectivity index (χ1v) is 7.04. The van der Waals surface area contributed by atoms with Crippen LogP contribution in [0.15, 0.2) is 22.7 Å². The van der Waals surface area contributed by atoms with Crippen LogP contribution in [0.25, 0.3) is 0 Å². The number of ether oxygens (including phenoxy) is 1. The lowest BCUT2D eigenvalue weighted by Gasteiger charge is -2.28. The minimum Gasteiger partial charge on any atom is -0.497 e. The highest BCUT2D eigenvalue weighted by Gasteiger charge is 2.19. The molecule has 0 aromatic heterocycles. The molecule has 17 heavy (non-hydrogen) atoms. The van der Waals surface area contributed by atoms with Crippen molar-refractivity contribution in [1.29, 1.82) is 0 Å². The summed E-state index contributed by atoms with van der Waals surface area (Å²) in [6, 6.07) is 6.79. The van der Waals surface area contributed by atoms with Gasteiger partial charge in [0.1, 0.15) is 5.75 Å². The molecule has 1 heterocycles. The van der Waals surface area contributed by atoms with Crippen molar-refractivity contribution in [3.05, 3.63) is 28.2 Å². The molecule has 2 nitrogen and oxygen atoms in total. The molecule has 1 aromatic carbocycles. The first kappa shape index (κ1) is 12.9. The van der Waals surface area contributed by atoms with Crippen LogP contribution in [-0.2, 0) is 6.42 Å². The van der Waals surface area contributed by atoms with Gasteiger partial charge in [0, 0.05) is 10.5 Å². The van der Waals surface area contributed by atoms with E-state index in [4.69, 9.17) is 4.74 Å². The van der Waals surface area contributed by atoms with Crippen molar-refractivity contribution in [2.45, 2.75) is 32.2 Å². The van der Waals surface area contributed by atoms with Gasteiger partial charge in [0.15, 0.2) is 0 Å². The smallest absolute Gasteiger partial charge is 0.119 e. The third kappa shape index (κ3) is 3.46. The van der Waals surface area contributed by atoms with Crippen LogP contribution in [0.3, 0.4) is 0 Å². The lowest BCUT2D eigenvalue weighted by molar-refractivity contribution is 0.318. The van der Waals surface area contributed by atoms with Gasteiger partial charge in [-0.15, -0.1) is 0 Å². The van der Waals surface area contributed by atoms with Gasteiger partial charge in [-0.3, -0.25) is 0 Å². The highest BCUT2D eigenvalue weighted by Crippen LogP contribution is 2.26. The van der Waals surface area contributed by atoms with E-state index in [1.54, 1.807) is 7.11 Å². The Kier molecular flexibility index (Phi) is 4.46. The monoisotopic (exact) mass is 297 g/mol. The molecule has 0 aliphatic carbocycles. The summed E-state index contributed by atoms with van der Waals surface area (Å²) in [6.07, 6.45) is 3.64. The van der Waals surface area contributed by atoms with Crippen LogP contribution >= 0.6 is 15.9 Å². The quantitative estimate of drug-likeness (QED) is 0.923. The molecule has 2 rings (SSSR count). The molecular formula is C14H20BrNO. The standard InChI is InChI=1S/C14H20BrNO/c1-10-5-6-16-12(7-10)8-11-9-13(17-2)3-4-14(11)15/h3-4,9-10,12,16H,5-8H2,1-2H3. The van der Waals surface area contributed by atoms with Crippen LogP contribution in [0.2, 0.25) is 0 Å². The molecule has 3 heteroatoms. The summed E-state index contributed by atoms with van der Waals surface area (Å²) in [5, 5.41) is 3.60.